The van der Waals surface area contributed by atoms with Crippen molar-refractivity contribution in [1.29, 1.82) is 0 Å². The van der Waals surface area contributed by atoms with Crippen molar-refractivity contribution in [3.8, 4) is 0 Å². The molecule has 33 heavy (non-hydrogen) atoms. The Bertz CT molecular complexity index is 1290. The van der Waals surface area contributed by atoms with Crippen molar-refractivity contribution in [1.82, 2.24) is 0 Å². The van der Waals surface area contributed by atoms with Crippen LogP contribution in [0, 0.1) is 5.41 Å². The van der Waals surface area contributed by atoms with Crippen LogP contribution in [0.3, 0.4) is 0 Å². The fourth-order valence-electron chi connectivity index (χ4n) is 5.89. The molecule has 6 rings (SSSR count). The van der Waals surface area contributed by atoms with Gasteiger partial charge in [-0.3, -0.25) is 9.59 Å². The number of rotatable bonds is 3. The highest BCUT2D eigenvalue weighted by Crippen LogP contribution is 2.60. The lowest BCUT2D eigenvalue weighted by molar-refractivity contribution is -0.145. The quantitative estimate of drug-likeness (QED) is 0.448. The number of ether oxygens (including phenoxy) is 1. The number of esters is 1. The molecule has 1 aromatic heterocycles. The molecule has 1 fully saturated rings. The topological polar surface area (TPSA) is 76.8 Å². The number of hydrogen-bond acceptors (Lipinski definition) is 6. The highest BCUT2D eigenvalue weighted by Gasteiger charge is 2.72. The number of carbonyl (C=O) groups excluding carboxylic acids is 3. The van der Waals surface area contributed by atoms with Crippen LogP contribution >= 0.6 is 0 Å². The summed E-state index contributed by atoms with van der Waals surface area (Å²) >= 11 is 0. The molecule has 1 spiro atoms. The van der Waals surface area contributed by atoms with E-state index in [2.05, 4.69) is 0 Å². The third kappa shape index (κ3) is 2.40. The summed E-state index contributed by atoms with van der Waals surface area (Å²) in [6.07, 6.45) is 5.30. The van der Waals surface area contributed by atoms with E-state index in [1.807, 2.05) is 41.3 Å². The summed E-state index contributed by atoms with van der Waals surface area (Å²) < 4.78 is 11.3. The van der Waals surface area contributed by atoms with E-state index in [4.69, 9.17) is 9.15 Å². The predicted molar refractivity (Wildman–Crippen MR) is 121 cm³/mol. The number of ketones is 2. The highest BCUT2D eigenvalue weighted by atomic mass is 16.5. The van der Waals surface area contributed by atoms with Crippen LogP contribution in [0.2, 0.25) is 0 Å². The van der Waals surface area contributed by atoms with Crippen molar-refractivity contribution in [2.75, 3.05) is 11.5 Å². The first-order chi connectivity index (χ1) is 16.1. The van der Waals surface area contributed by atoms with E-state index in [9.17, 15) is 14.4 Å². The number of fused-ring (bicyclic) bond motifs is 5. The lowest BCUT2D eigenvalue weighted by Gasteiger charge is -2.36. The molecule has 2 aliphatic heterocycles. The lowest BCUT2D eigenvalue weighted by atomic mass is 9.66. The Morgan fingerprint density at radius 2 is 1.70 bits per heavy atom. The molecule has 1 saturated heterocycles. The van der Waals surface area contributed by atoms with Crippen LogP contribution in [0.15, 0.2) is 77.4 Å². The monoisotopic (exact) mass is 439 g/mol. The molecular weight excluding hydrogens is 418 g/mol. The van der Waals surface area contributed by atoms with E-state index in [0.717, 1.165) is 11.3 Å². The molecule has 0 bridgehead atoms. The molecule has 0 unspecified atom stereocenters. The standard InChI is InChI=1S/C27H21NO5/c1-2-32-26(31)23-22(20-12-7-15-33-20)27(24(29)17-9-4-5-10-18(17)25(27)30)21-14-13-16-8-3-6-11-19(16)28(21)23/h3-15,21-23H,2H2,1H3/t21-,22-,23+/m1/s1. The van der Waals surface area contributed by atoms with Gasteiger partial charge >= 0.3 is 5.97 Å². The normalized spacial score (nSPS) is 24.0. The summed E-state index contributed by atoms with van der Waals surface area (Å²) in [5, 5.41) is 0. The lowest BCUT2D eigenvalue weighted by Crippen LogP contribution is -2.48. The van der Waals surface area contributed by atoms with Crippen molar-refractivity contribution >= 4 is 29.3 Å². The number of anilines is 1. The molecule has 0 amide bonds. The zero-order valence-corrected chi connectivity index (χ0v) is 17.9. The minimum absolute atomic E-state index is 0.186. The molecule has 3 atom stereocenters. The van der Waals surface area contributed by atoms with E-state index >= 15 is 0 Å². The van der Waals surface area contributed by atoms with Gasteiger partial charge in [0, 0.05) is 16.8 Å². The number of furan rings is 1. The van der Waals surface area contributed by atoms with E-state index in [0.29, 0.717) is 16.9 Å². The third-order valence-corrected chi connectivity index (χ3v) is 7.09. The molecule has 1 aliphatic carbocycles. The minimum Gasteiger partial charge on any atom is -0.469 e. The van der Waals surface area contributed by atoms with Gasteiger partial charge in [0.1, 0.15) is 17.2 Å². The first-order valence-electron chi connectivity index (χ1n) is 11.0. The second-order valence-corrected chi connectivity index (χ2v) is 8.53. The molecule has 0 saturated carbocycles. The van der Waals surface area contributed by atoms with E-state index in [1.165, 1.54) is 6.26 Å². The number of benzene rings is 2. The maximum Gasteiger partial charge on any atom is 0.329 e. The van der Waals surface area contributed by atoms with Gasteiger partial charge in [-0.15, -0.1) is 0 Å². The number of hydrogen-bond donors (Lipinski definition) is 0. The SMILES string of the molecule is CCOC(=O)[C@@H]1[C@@H](c2ccco2)C2(C(=O)c3ccccc3C2=O)[C@H]2C=Cc3ccccc3N12. The van der Waals surface area contributed by atoms with Gasteiger partial charge in [-0.2, -0.15) is 0 Å². The van der Waals surface area contributed by atoms with Gasteiger partial charge in [0.05, 0.1) is 24.8 Å². The Balaban J connectivity index is 1.67. The van der Waals surface area contributed by atoms with Crippen LogP contribution < -0.4 is 4.90 Å². The molecule has 6 heteroatoms. The minimum atomic E-state index is -1.54. The maximum atomic E-state index is 14.2. The summed E-state index contributed by atoms with van der Waals surface area (Å²) in [7, 11) is 0. The second kappa shape index (κ2) is 7.04. The molecule has 3 aliphatic rings. The summed E-state index contributed by atoms with van der Waals surface area (Å²) in [4.78, 5) is 43.7. The average Bonchev–Trinajstić information content (AvgIpc) is 3.52. The molecule has 2 aromatic carbocycles. The molecule has 164 valence electrons. The Hall–Kier alpha value is -3.93. The van der Waals surface area contributed by atoms with Gasteiger partial charge in [-0.25, -0.2) is 4.79 Å². The highest BCUT2D eigenvalue weighted by molar-refractivity contribution is 6.32. The third-order valence-electron chi connectivity index (χ3n) is 7.09. The van der Waals surface area contributed by atoms with Crippen molar-refractivity contribution in [3.05, 3.63) is 95.5 Å². The van der Waals surface area contributed by atoms with Crippen molar-refractivity contribution in [2.45, 2.75) is 24.9 Å². The maximum absolute atomic E-state index is 14.2. The van der Waals surface area contributed by atoms with Gasteiger partial charge in [-0.1, -0.05) is 54.6 Å². The Morgan fingerprint density at radius 3 is 2.36 bits per heavy atom. The van der Waals surface area contributed by atoms with Gasteiger partial charge in [0.2, 0.25) is 0 Å². The first-order valence-corrected chi connectivity index (χ1v) is 11.0. The van der Waals surface area contributed by atoms with Crippen molar-refractivity contribution in [3.63, 3.8) is 0 Å². The van der Waals surface area contributed by atoms with Crippen LogP contribution in [-0.2, 0) is 9.53 Å². The zero-order valence-electron chi connectivity index (χ0n) is 17.9. The molecule has 0 N–H and O–H groups in total. The fraction of sp³-hybridized carbons (Fsp3) is 0.222. The van der Waals surface area contributed by atoms with Crippen molar-refractivity contribution < 1.29 is 23.5 Å². The predicted octanol–water partition coefficient (Wildman–Crippen LogP) is 4.28. The van der Waals surface area contributed by atoms with Gasteiger partial charge in [0.15, 0.2) is 11.6 Å². The summed E-state index contributed by atoms with van der Waals surface area (Å²) in [5.41, 5.74) is 0.927. The molecule has 0 radical (unpaired) electrons. The van der Waals surface area contributed by atoms with Crippen LogP contribution in [-0.4, -0.2) is 36.2 Å². The van der Waals surface area contributed by atoms with E-state index in [-0.39, 0.29) is 18.2 Å². The Labute approximate surface area is 190 Å². The fourth-order valence-corrected chi connectivity index (χ4v) is 5.89. The van der Waals surface area contributed by atoms with Gasteiger partial charge in [-0.05, 0) is 30.7 Å². The summed E-state index contributed by atoms with van der Waals surface area (Å²) in [6, 6.07) is 16.4. The molecule has 3 aromatic rings. The molecular formula is C27H21NO5. The Morgan fingerprint density at radius 1 is 1.00 bits per heavy atom. The Kier molecular flexibility index (Phi) is 4.21. The van der Waals surface area contributed by atoms with E-state index in [1.54, 1.807) is 43.3 Å². The molecule has 6 nitrogen and oxygen atoms in total. The van der Waals surface area contributed by atoms with Gasteiger partial charge in [0.25, 0.3) is 0 Å². The second-order valence-electron chi connectivity index (χ2n) is 8.53. The van der Waals surface area contributed by atoms with Crippen LogP contribution in [0.5, 0.6) is 0 Å². The largest absolute Gasteiger partial charge is 0.469 e. The summed E-state index contributed by atoms with van der Waals surface area (Å²) in [6.45, 7) is 1.93. The van der Waals surface area contributed by atoms with Crippen molar-refractivity contribution in [2.24, 2.45) is 5.41 Å². The number of para-hydroxylation sites is 1. The van der Waals surface area contributed by atoms with Crippen LogP contribution in [0.4, 0.5) is 5.69 Å². The summed E-state index contributed by atoms with van der Waals surface area (Å²) in [5.74, 6) is -1.48. The number of Topliss-reactive ketones (excluding diaryl/α,β-unsaturated/α-hetero) is 2. The average molecular weight is 439 g/mol. The smallest absolute Gasteiger partial charge is 0.329 e. The number of nitrogens with zero attached hydrogens (tertiary/aromatic N) is 1. The zero-order chi connectivity index (χ0) is 22.7. The molecule has 3 heterocycles. The number of carbonyl (C=O) groups is 3. The van der Waals surface area contributed by atoms with Gasteiger partial charge < -0.3 is 14.1 Å². The first kappa shape index (κ1) is 19.7. The van der Waals surface area contributed by atoms with Crippen LogP contribution in [0.25, 0.3) is 6.08 Å². The van der Waals surface area contributed by atoms with E-state index < -0.39 is 29.4 Å². The van der Waals surface area contributed by atoms with Crippen LogP contribution in [0.1, 0.15) is 44.9 Å².